The molecule has 0 radical (unpaired) electrons. The van der Waals surface area contributed by atoms with Gasteiger partial charge in [0.2, 0.25) is 6.79 Å². The van der Waals surface area contributed by atoms with Crippen molar-refractivity contribution < 1.29 is 19.1 Å². The molecule has 7 nitrogen and oxygen atoms in total. The third-order valence-corrected chi connectivity index (χ3v) is 3.63. The Hall–Kier alpha value is -2.44. The van der Waals surface area contributed by atoms with Gasteiger partial charge in [-0.25, -0.2) is 4.79 Å². The summed E-state index contributed by atoms with van der Waals surface area (Å²) >= 11 is 0. The number of hydrogen-bond acceptors (Lipinski definition) is 5. The highest BCUT2D eigenvalue weighted by atomic mass is 16.7. The number of likely N-dealkylation sites (N-methyl/N-ethyl adjacent to an activating group) is 1. The normalized spacial score (nSPS) is 18.7. The molecule has 3 rings (SSSR count). The Bertz CT molecular complexity index is 615. The van der Waals surface area contributed by atoms with E-state index in [1.165, 1.54) is 4.90 Å². The molecule has 2 amide bonds. The molecule has 0 saturated carbocycles. The van der Waals surface area contributed by atoms with Crippen LogP contribution in [0.25, 0.3) is 0 Å². The third kappa shape index (κ3) is 2.79. The zero-order chi connectivity index (χ0) is 15.7. The van der Waals surface area contributed by atoms with E-state index in [0.29, 0.717) is 13.0 Å². The minimum absolute atomic E-state index is 0.0554. The molecule has 118 valence electrons. The van der Waals surface area contributed by atoms with Crippen molar-refractivity contribution in [2.45, 2.75) is 12.5 Å². The van der Waals surface area contributed by atoms with Crippen LogP contribution in [0.5, 0.6) is 11.5 Å². The van der Waals surface area contributed by atoms with Gasteiger partial charge in [0, 0.05) is 33.1 Å². The summed E-state index contributed by atoms with van der Waals surface area (Å²) in [4.78, 5) is 20.4. The van der Waals surface area contributed by atoms with Gasteiger partial charge in [-0.05, 0) is 18.2 Å². The van der Waals surface area contributed by atoms with Crippen LogP contribution in [0.2, 0.25) is 0 Å². The number of nitrogens with zero attached hydrogens (tertiary/aromatic N) is 3. The molecular formula is C15H19N3O4. The number of rotatable bonds is 3. The minimum Gasteiger partial charge on any atom is -0.454 e. The first kappa shape index (κ1) is 14.5. The van der Waals surface area contributed by atoms with Crippen LogP contribution in [0.1, 0.15) is 12.0 Å². The van der Waals surface area contributed by atoms with E-state index in [1.807, 2.05) is 18.2 Å². The maximum absolute atomic E-state index is 11.8. The fraction of sp³-hybridized carbons (Fsp3) is 0.467. The summed E-state index contributed by atoms with van der Waals surface area (Å²) in [5, 5.41) is 4.14. The van der Waals surface area contributed by atoms with Gasteiger partial charge in [0.15, 0.2) is 17.6 Å². The zero-order valence-corrected chi connectivity index (χ0v) is 12.9. The van der Waals surface area contributed by atoms with Crippen molar-refractivity contribution in [3.05, 3.63) is 23.8 Å². The second-order valence-electron chi connectivity index (χ2n) is 5.60. The molecule has 0 saturated heterocycles. The van der Waals surface area contributed by atoms with E-state index in [4.69, 9.17) is 14.3 Å². The molecule has 2 aliphatic rings. The van der Waals surface area contributed by atoms with Gasteiger partial charge in [-0.15, -0.1) is 0 Å². The van der Waals surface area contributed by atoms with Gasteiger partial charge in [0.25, 0.3) is 0 Å². The van der Waals surface area contributed by atoms with Crippen LogP contribution in [0.15, 0.2) is 23.4 Å². The quantitative estimate of drug-likeness (QED) is 0.849. The fourth-order valence-electron chi connectivity index (χ4n) is 2.50. The van der Waals surface area contributed by atoms with E-state index in [0.717, 1.165) is 22.8 Å². The molecule has 1 aromatic rings. The number of benzene rings is 1. The van der Waals surface area contributed by atoms with Crippen LogP contribution in [0.4, 0.5) is 4.79 Å². The van der Waals surface area contributed by atoms with Crippen molar-refractivity contribution in [1.82, 2.24) is 9.80 Å². The summed E-state index contributed by atoms with van der Waals surface area (Å²) < 4.78 is 10.7. The molecule has 2 aliphatic heterocycles. The SMILES string of the molecule is CN(C)C(=O)N(C)CC1CC(c2ccc3c(c2)OCO3)=NO1. The van der Waals surface area contributed by atoms with E-state index in [9.17, 15) is 4.79 Å². The molecule has 0 spiro atoms. The number of amides is 2. The molecule has 1 aromatic carbocycles. The van der Waals surface area contributed by atoms with Crippen LogP contribution in [0, 0.1) is 0 Å². The van der Waals surface area contributed by atoms with Crippen molar-refractivity contribution in [3.63, 3.8) is 0 Å². The predicted octanol–water partition coefficient (Wildman–Crippen LogP) is 1.52. The Balaban J connectivity index is 1.61. The Morgan fingerprint density at radius 2 is 2.05 bits per heavy atom. The number of urea groups is 1. The summed E-state index contributed by atoms with van der Waals surface area (Å²) in [7, 11) is 5.20. The van der Waals surface area contributed by atoms with Crippen LogP contribution in [0.3, 0.4) is 0 Å². The zero-order valence-electron chi connectivity index (χ0n) is 12.9. The molecule has 1 unspecified atom stereocenters. The summed E-state index contributed by atoms with van der Waals surface area (Å²) in [6.45, 7) is 0.746. The lowest BCUT2D eigenvalue weighted by Gasteiger charge is -2.23. The Morgan fingerprint density at radius 1 is 1.27 bits per heavy atom. The fourth-order valence-corrected chi connectivity index (χ4v) is 2.50. The number of oxime groups is 1. The molecule has 7 heteroatoms. The maximum atomic E-state index is 11.8. The van der Waals surface area contributed by atoms with E-state index < -0.39 is 0 Å². The second-order valence-corrected chi connectivity index (χ2v) is 5.60. The number of fused-ring (bicyclic) bond motifs is 1. The Labute approximate surface area is 129 Å². The van der Waals surface area contributed by atoms with Crippen molar-refractivity contribution in [3.8, 4) is 11.5 Å². The van der Waals surface area contributed by atoms with E-state index >= 15 is 0 Å². The third-order valence-electron chi connectivity index (χ3n) is 3.63. The first-order valence-electron chi connectivity index (χ1n) is 7.09. The lowest BCUT2D eigenvalue weighted by Crippen LogP contribution is -2.40. The van der Waals surface area contributed by atoms with Gasteiger partial charge in [-0.2, -0.15) is 0 Å². The first-order chi connectivity index (χ1) is 10.5. The first-order valence-corrected chi connectivity index (χ1v) is 7.09. The number of carbonyl (C=O) groups excluding carboxylic acids is 1. The predicted molar refractivity (Wildman–Crippen MR) is 80.3 cm³/mol. The topological polar surface area (TPSA) is 63.6 Å². The maximum Gasteiger partial charge on any atom is 0.319 e. The van der Waals surface area contributed by atoms with Crippen LogP contribution < -0.4 is 9.47 Å². The number of hydrogen-bond donors (Lipinski definition) is 0. The molecule has 1 atom stereocenters. The highest BCUT2D eigenvalue weighted by Crippen LogP contribution is 2.33. The average molecular weight is 305 g/mol. The highest BCUT2D eigenvalue weighted by Gasteiger charge is 2.26. The number of carbonyl (C=O) groups is 1. The molecule has 0 N–H and O–H groups in total. The van der Waals surface area contributed by atoms with Crippen LogP contribution in [-0.4, -0.2) is 62.1 Å². The molecule has 22 heavy (non-hydrogen) atoms. The lowest BCUT2D eigenvalue weighted by atomic mass is 10.0. The van der Waals surface area contributed by atoms with Crippen molar-refractivity contribution in [2.75, 3.05) is 34.5 Å². The summed E-state index contributed by atoms with van der Waals surface area (Å²) in [5.74, 6) is 1.47. The van der Waals surface area contributed by atoms with Crippen LogP contribution in [-0.2, 0) is 4.84 Å². The van der Waals surface area contributed by atoms with E-state index in [-0.39, 0.29) is 18.9 Å². The average Bonchev–Trinajstić information content (AvgIpc) is 3.13. The van der Waals surface area contributed by atoms with Gasteiger partial charge in [0.05, 0.1) is 12.3 Å². The highest BCUT2D eigenvalue weighted by molar-refractivity contribution is 6.01. The van der Waals surface area contributed by atoms with Gasteiger partial charge in [-0.3, -0.25) is 0 Å². The summed E-state index contributed by atoms with van der Waals surface area (Å²) in [5.41, 5.74) is 1.81. The smallest absolute Gasteiger partial charge is 0.319 e. The van der Waals surface area contributed by atoms with Gasteiger partial charge < -0.3 is 24.1 Å². The van der Waals surface area contributed by atoms with Crippen molar-refractivity contribution in [1.29, 1.82) is 0 Å². The number of ether oxygens (including phenoxy) is 2. The molecular weight excluding hydrogens is 286 g/mol. The minimum atomic E-state index is -0.130. The summed E-state index contributed by atoms with van der Waals surface area (Å²) in [6, 6.07) is 5.66. The molecule has 0 aliphatic carbocycles. The lowest BCUT2D eigenvalue weighted by molar-refractivity contribution is 0.0625. The van der Waals surface area contributed by atoms with Gasteiger partial charge in [0.1, 0.15) is 0 Å². The van der Waals surface area contributed by atoms with E-state index in [1.54, 1.807) is 26.0 Å². The Morgan fingerprint density at radius 3 is 2.82 bits per heavy atom. The molecule has 0 bridgehead atoms. The van der Waals surface area contributed by atoms with E-state index in [2.05, 4.69) is 5.16 Å². The molecule has 0 fully saturated rings. The molecule has 2 heterocycles. The standard InChI is InChI=1S/C15H19N3O4/c1-17(2)15(19)18(3)8-11-7-12(16-22-11)10-4-5-13-14(6-10)21-9-20-13/h4-6,11H,7-9H2,1-3H3. The van der Waals surface area contributed by atoms with Crippen molar-refractivity contribution >= 4 is 11.7 Å². The molecule has 0 aromatic heterocycles. The van der Waals surface area contributed by atoms with Gasteiger partial charge >= 0.3 is 6.03 Å². The van der Waals surface area contributed by atoms with Gasteiger partial charge in [-0.1, -0.05) is 5.16 Å². The Kier molecular flexibility index (Phi) is 3.79. The van der Waals surface area contributed by atoms with Crippen molar-refractivity contribution in [2.24, 2.45) is 5.16 Å². The monoisotopic (exact) mass is 305 g/mol. The van der Waals surface area contributed by atoms with Crippen LogP contribution >= 0.6 is 0 Å². The largest absolute Gasteiger partial charge is 0.454 e. The second kappa shape index (κ2) is 5.75. The summed E-state index contributed by atoms with van der Waals surface area (Å²) in [6.07, 6.45) is 0.527.